The van der Waals surface area contributed by atoms with Crippen molar-refractivity contribution in [1.29, 1.82) is 0 Å². The van der Waals surface area contributed by atoms with Crippen LogP contribution in [0.25, 0.3) is 0 Å². The number of rotatable bonds is 3. The van der Waals surface area contributed by atoms with Gasteiger partial charge in [0.05, 0.1) is 15.6 Å². The van der Waals surface area contributed by atoms with E-state index < -0.39 is 6.10 Å². The van der Waals surface area contributed by atoms with E-state index >= 15 is 0 Å². The predicted octanol–water partition coefficient (Wildman–Crippen LogP) is 5.28. The van der Waals surface area contributed by atoms with Crippen molar-refractivity contribution in [2.45, 2.75) is 12.5 Å². The average molecular weight is 408 g/mol. The molecule has 0 aliphatic heterocycles. The first-order chi connectivity index (χ1) is 8.99. The second-order valence-electron chi connectivity index (χ2n) is 4.11. The molecule has 0 saturated heterocycles. The molecule has 2 aromatic rings. The fourth-order valence-corrected chi connectivity index (χ4v) is 2.84. The molecule has 2 rings (SSSR count). The maximum atomic E-state index is 13.1. The molecule has 0 saturated carbocycles. The largest absolute Gasteiger partial charge is 0.388 e. The molecule has 5 heteroatoms. The molecule has 0 heterocycles. The van der Waals surface area contributed by atoms with Gasteiger partial charge in [-0.1, -0.05) is 29.8 Å². The highest BCUT2D eigenvalue weighted by Crippen LogP contribution is 2.32. The van der Waals surface area contributed by atoms with Gasteiger partial charge in [-0.25, -0.2) is 4.39 Å². The third-order valence-electron chi connectivity index (χ3n) is 2.75. The van der Waals surface area contributed by atoms with Crippen LogP contribution in [0.15, 0.2) is 45.3 Å². The zero-order valence-electron chi connectivity index (χ0n) is 9.71. The minimum Gasteiger partial charge on any atom is -0.388 e. The Morgan fingerprint density at radius 2 is 1.89 bits per heavy atom. The van der Waals surface area contributed by atoms with Gasteiger partial charge >= 0.3 is 0 Å². The molecule has 0 radical (unpaired) electrons. The summed E-state index contributed by atoms with van der Waals surface area (Å²) in [4.78, 5) is 0. The van der Waals surface area contributed by atoms with Crippen molar-refractivity contribution in [3.8, 4) is 0 Å². The lowest BCUT2D eigenvalue weighted by molar-refractivity contribution is 0.178. The van der Waals surface area contributed by atoms with Crippen molar-refractivity contribution in [3.05, 3.63) is 67.3 Å². The Morgan fingerprint density at radius 3 is 2.58 bits per heavy atom. The average Bonchev–Trinajstić information content (AvgIpc) is 2.37. The second-order valence-corrected chi connectivity index (χ2v) is 6.20. The van der Waals surface area contributed by atoms with E-state index in [0.29, 0.717) is 21.5 Å². The van der Waals surface area contributed by atoms with Crippen molar-refractivity contribution >= 4 is 43.5 Å². The fraction of sp³-hybridized carbons (Fsp3) is 0.143. The Balaban J connectivity index is 2.23. The van der Waals surface area contributed by atoms with E-state index in [-0.39, 0.29) is 5.82 Å². The van der Waals surface area contributed by atoms with Crippen LogP contribution in [0.5, 0.6) is 0 Å². The third-order valence-corrected chi connectivity index (χ3v) is 4.67. The summed E-state index contributed by atoms with van der Waals surface area (Å²) in [6.45, 7) is 0. The summed E-state index contributed by atoms with van der Waals surface area (Å²) in [6.07, 6.45) is -0.364. The quantitative estimate of drug-likeness (QED) is 0.733. The molecule has 1 atom stereocenters. The minimum atomic E-state index is -0.734. The first kappa shape index (κ1) is 15.0. The summed E-state index contributed by atoms with van der Waals surface area (Å²) in [5.74, 6) is -0.321. The smallest absolute Gasteiger partial charge is 0.137 e. The SMILES string of the molecule is OC(Cc1ccc(F)c(Br)c1)c1cccc(Br)c1Cl. The lowest BCUT2D eigenvalue weighted by Crippen LogP contribution is -2.03. The van der Waals surface area contributed by atoms with Gasteiger partial charge in [-0.15, -0.1) is 0 Å². The molecule has 2 aromatic carbocycles. The molecule has 1 nitrogen and oxygen atoms in total. The van der Waals surface area contributed by atoms with Crippen LogP contribution in [-0.2, 0) is 6.42 Å². The van der Waals surface area contributed by atoms with Crippen molar-refractivity contribution in [1.82, 2.24) is 0 Å². The highest BCUT2D eigenvalue weighted by Gasteiger charge is 2.14. The van der Waals surface area contributed by atoms with Gasteiger partial charge in [0, 0.05) is 16.5 Å². The summed E-state index contributed by atoms with van der Waals surface area (Å²) in [6, 6.07) is 10.1. The van der Waals surface area contributed by atoms with Crippen LogP contribution in [0.3, 0.4) is 0 Å². The Kier molecular flexibility index (Phi) is 5.01. The molecular weight excluding hydrogens is 398 g/mol. The van der Waals surface area contributed by atoms with Crippen LogP contribution in [0.1, 0.15) is 17.2 Å². The normalized spacial score (nSPS) is 12.5. The molecule has 0 aliphatic carbocycles. The fourth-order valence-electron chi connectivity index (χ4n) is 1.78. The number of aliphatic hydroxyl groups is 1. The Hall–Kier alpha value is -0.420. The maximum Gasteiger partial charge on any atom is 0.137 e. The van der Waals surface area contributed by atoms with Crippen molar-refractivity contribution in [2.75, 3.05) is 0 Å². The van der Waals surface area contributed by atoms with E-state index in [0.717, 1.165) is 10.0 Å². The Morgan fingerprint density at radius 1 is 1.16 bits per heavy atom. The van der Waals surface area contributed by atoms with E-state index in [4.69, 9.17) is 11.6 Å². The molecule has 0 amide bonds. The van der Waals surface area contributed by atoms with Crippen LogP contribution in [0.2, 0.25) is 5.02 Å². The summed E-state index contributed by atoms with van der Waals surface area (Å²) in [5.41, 5.74) is 1.48. The number of aliphatic hydroxyl groups excluding tert-OH is 1. The molecule has 0 aromatic heterocycles. The first-order valence-corrected chi connectivity index (χ1v) is 7.51. The summed E-state index contributed by atoms with van der Waals surface area (Å²) >= 11 is 12.6. The van der Waals surface area contributed by atoms with Gasteiger partial charge in [-0.2, -0.15) is 0 Å². The number of benzene rings is 2. The van der Waals surface area contributed by atoms with E-state index in [9.17, 15) is 9.50 Å². The lowest BCUT2D eigenvalue weighted by Gasteiger charge is -2.14. The Labute approximate surface area is 132 Å². The maximum absolute atomic E-state index is 13.1. The number of halogens is 4. The summed E-state index contributed by atoms with van der Waals surface area (Å²) < 4.78 is 14.3. The van der Waals surface area contributed by atoms with Crippen LogP contribution in [0, 0.1) is 5.82 Å². The van der Waals surface area contributed by atoms with Gasteiger partial charge < -0.3 is 5.11 Å². The molecule has 0 spiro atoms. The minimum absolute atomic E-state index is 0.321. The summed E-state index contributed by atoms with van der Waals surface area (Å²) in [7, 11) is 0. The molecular formula is C14H10Br2ClFO. The molecule has 0 fully saturated rings. The Bertz CT molecular complexity index is 604. The lowest BCUT2D eigenvalue weighted by atomic mass is 10.0. The third kappa shape index (κ3) is 3.57. The topological polar surface area (TPSA) is 20.2 Å². The van der Waals surface area contributed by atoms with Crippen LogP contribution < -0.4 is 0 Å². The van der Waals surface area contributed by atoms with E-state index in [1.165, 1.54) is 6.07 Å². The summed E-state index contributed by atoms with van der Waals surface area (Å²) in [5, 5.41) is 10.7. The zero-order valence-corrected chi connectivity index (χ0v) is 13.6. The zero-order chi connectivity index (χ0) is 14.0. The van der Waals surface area contributed by atoms with Crippen molar-refractivity contribution in [3.63, 3.8) is 0 Å². The van der Waals surface area contributed by atoms with Gasteiger partial charge in [-0.3, -0.25) is 0 Å². The van der Waals surface area contributed by atoms with Gasteiger partial charge in [0.1, 0.15) is 5.82 Å². The van der Waals surface area contributed by atoms with Crippen LogP contribution in [-0.4, -0.2) is 5.11 Å². The first-order valence-electron chi connectivity index (χ1n) is 5.55. The van der Waals surface area contributed by atoms with Crippen LogP contribution in [0.4, 0.5) is 4.39 Å². The molecule has 1 unspecified atom stereocenters. The standard InChI is InChI=1S/C14H10Br2ClFO/c15-10-3-1-2-9(14(10)17)13(19)7-8-4-5-12(18)11(16)6-8/h1-6,13,19H,7H2. The molecule has 0 aliphatic rings. The van der Waals surface area contributed by atoms with Crippen LogP contribution >= 0.6 is 43.5 Å². The van der Waals surface area contributed by atoms with E-state index in [1.54, 1.807) is 18.2 Å². The molecule has 0 bridgehead atoms. The predicted molar refractivity (Wildman–Crippen MR) is 81.9 cm³/mol. The van der Waals surface area contributed by atoms with E-state index in [1.807, 2.05) is 12.1 Å². The van der Waals surface area contributed by atoms with Gasteiger partial charge in [0.2, 0.25) is 0 Å². The second kappa shape index (κ2) is 6.35. The van der Waals surface area contributed by atoms with Crippen molar-refractivity contribution < 1.29 is 9.50 Å². The molecule has 1 N–H and O–H groups in total. The number of hydrogen-bond acceptors (Lipinski definition) is 1. The van der Waals surface area contributed by atoms with Crippen molar-refractivity contribution in [2.24, 2.45) is 0 Å². The van der Waals surface area contributed by atoms with Gasteiger partial charge in [0.25, 0.3) is 0 Å². The highest BCUT2D eigenvalue weighted by atomic mass is 79.9. The number of hydrogen-bond donors (Lipinski definition) is 1. The molecule has 19 heavy (non-hydrogen) atoms. The van der Waals surface area contributed by atoms with E-state index in [2.05, 4.69) is 31.9 Å². The molecule has 100 valence electrons. The monoisotopic (exact) mass is 406 g/mol. The van der Waals surface area contributed by atoms with Gasteiger partial charge in [0.15, 0.2) is 0 Å². The van der Waals surface area contributed by atoms with Gasteiger partial charge in [-0.05, 0) is 55.6 Å². The highest BCUT2D eigenvalue weighted by molar-refractivity contribution is 9.10.